The Bertz CT molecular complexity index is 439. The van der Waals surface area contributed by atoms with E-state index in [0.29, 0.717) is 10.4 Å². The van der Waals surface area contributed by atoms with E-state index in [9.17, 15) is 9.18 Å². The minimum atomic E-state index is -0.518. The van der Waals surface area contributed by atoms with Crippen molar-refractivity contribution < 1.29 is 14.3 Å². The van der Waals surface area contributed by atoms with Crippen molar-refractivity contribution in [1.82, 2.24) is 5.32 Å². The fourth-order valence-electron chi connectivity index (χ4n) is 2.46. The zero-order valence-electron chi connectivity index (χ0n) is 10.5. The molecule has 3 nitrogen and oxygen atoms in total. The van der Waals surface area contributed by atoms with E-state index in [1.165, 1.54) is 6.07 Å². The van der Waals surface area contributed by atoms with Crippen molar-refractivity contribution in [2.24, 2.45) is 5.92 Å². The zero-order chi connectivity index (χ0) is 13.8. The average molecular weight is 330 g/mol. The Kier molecular flexibility index (Phi) is 4.93. The Morgan fingerprint density at radius 1 is 1.37 bits per heavy atom. The molecule has 1 aliphatic carbocycles. The molecule has 1 fully saturated rings. The normalized spacial score (nSPS) is 23.1. The topological polar surface area (TPSA) is 49.3 Å². The molecule has 0 spiro atoms. The first-order valence-corrected chi connectivity index (χ1v) is 7.27. The van der Waals surface area contributed by atoms with E-state index in [4.69, 9.17) is 5.11 Å². The molecule has 0 saturated heterocycles. The van der Waals surface area contributed by atoms with E-state index in [0.717, 1.165) is 25.7 Å². The molecule has 1 aromatic rings. The number of hydrogen-bond acceptors (Lipinski definition) is 2. The van der Waals surface area contributed by atoms with Crippen LogP contribution in [0.2, 0.25) is 0 Å². The van der Waals surface area contributed by atoms with Crippen LogP contribution in [0.3, 0.4) is 0 Å². The Morgan fingerprint density at radius 3 is 2.63 bits per heavy atom. The van der Waals surface area contributed by atoms with E-state index in [1.54, 1.807) is 12.1 Å². The van der Waals surface area contributed by atoms with Gasteiger partial charge in [-0.1, -0.05) is 6.07 Å². The first kappa shape index (κ1) is 14.5. The zero-order valence-corrected chi connectivity index (χ0v) is 12.1. The van der Waals surface area contributed by atoms with Crippen LogP contribution in [0.25, 0.3) is 0 Å². The van der Waals surface area contributed by atoms with Gasteiger partial charge in [-0.25, -0.2) is 4.39 Å². The van der Waals surface area contributed by atoms with Crippen LogP contribution in [-0.4, -0.2) is 23.7 Å². The van der Waals surface area contributed by atoms with Gasteiger partial charge in [-0.3, -0.25) is 4.79 Å². The van der Waals surface area contributed by atoms with Gasteiger partial charge in [0.05, 0.1) is 5.56 Å². The lowest BCUT2D eigenvalue weighted by molar-refractivity contribution is 0.0909. The van der Waals surface area contributed by atoms with Crippen LogP contribution >= 0.6 is 15.9 Å². The Labute approximate surface area is 120 Å². The van der Waals surface area contributed by atoms with Crippen LogP contribution in [-0.2, 0) is 0 Å². The summed E-state index contributed by atoms with van der Waals surface area (Å²) in [5.74, 6) is -0.554. The maximum absolute atomic E-state index is 13.6. The lowest BCUT2D eigenvalue weighted by Crippen LogP contribution is -2.38. The fourth-order valence-corrected chi connectivity index (χ4v) is 2.98. The average Bonchev–Trinajstić information content (AvgIpc) is 2.39. The highest BCUT2D eigenvalue weighted by Crippen LogP contribution is 2.25. The number of aliphatic hydroxyl groups is 1. The maximum Gasteiger partial charge on any atom is 0.255 e. The highest BCUT2D eigenvalue weighted by molar-refractivity contribution is 9.10. The molecule has 0 aromatic heterocycles. The number of rotatable bonds is 3. The molecule has 2 N–H and O–H groups in total. The third kappa shape index (κ3) is 3.54. The molecule has 0 bridgehead atoms. The highest BCUT2D eigenvalue weighted by Gasteiger charge is 2.24. The van der Waals surface area contributed by atoms with Gasteiger partial charge in [0.1, 0.15) is 5.82 Å². The largest absolute Gasteiger partial charge is 0.396 e. The molecule has 5 heteroatoms. The molecule has 0 unspecified atom stereocenters. The summed E-state index contributed by atoms with van der Waals surface area (Å²) in [4.78, 5) is 12.1. The maximum atomic E-state index is 13.6. The lowest BCUT2D eigenvalue weighted by atomic mass is 9.86. The van der Waals surface area contributed by atoms with Crippen LogP contribution in [0, 0.1) is 11.7 Å². The van der Waals surface area contributed by atoms with Gasteiger partial charge in [0.15, 0.2) is 0 Å². The number of amides is 1. The predicted octanol–water partition coefficient (Wildman–Crippen LogP) is 2.87. The molecule has 104 valence electrons. The lowest BCUT2D eigenvalue weighted by Gasteiger charge is -2.28. The number of hydrogen-bond donors (Lipinski definition) is 2. The van der Waals surface area contributed by atoms with Crippen LogP contribution < -0.4 is 5.32 Å². The number of carbonyl (C=O) groups is 1. The summed E-state index contributed by atoms with van der Waals surface area (Å²) in [6.45, 7) is 0.208. The molecule has 1 saturated carbocycles. The van der Waals surface area contributed by atoms with Crippen LogP contribution in [0.15, 0.2) is 22.7 Å². The van der Waals surface area contributed by atoms with Gasteiger partial charge >= 0.3 is 0 Å². The van der Waals surface area contributed by atoms with Crippen molar-refractivity contribution >= 4 is 21.8 Å². The number of halogens is 2. The first-order valence-electron chi connectivity index (χ1n) is 6.47. The van der Waals surface area contributed by atoms with E-state index in [2.05, 4.69) is 21.2 Å². The predicted molar refractivity (Wildman–Crippen MR) is 74.4 cm³/mol. The van der Waals surface area contributed by atoms with E-state index < -0.39 is 5.82 Å². The third-order valence-electron chi connectivity index (χ3n) is 3.63. The van der Waals surface area contributed by atoms with Gasteiger partial charge < -0.3 is 10.4 Å². The number of nitrogens with one attached hydrogen (secondary N) is 1. The summed E-state index contributed by atoms with van der Waals surface area (Å²) in [6.07, 6.45) is 3.48. The monoisotopic (exact) mass is 329 g/mol. The van der Waals surface area contributed by atoms with Crippen molar-refractivity contribution in [3.05, 3.63) is 34.1 Å². The number of aliphatic hydroxyl groups excluding tert-OH is 1. The van der Waals surface area contributed by atoms with E-state index in [-0.39, 0.29) is 24.1 Å². The summed E-state index contributed by atoms with van der Waals surface area (Å²) >= 11 is 3.20. The second-order valence-corrected chi connectivity index (χ2v) is 5.82. The van der Waals surface area contributed by atoms with Crippen molar-refractivity contribution in [3.63, 3.8) is 0 Å². The molecular weight excluding hydrogens is 313 g/mol. The van der Waals surface area contributed by atoms with Crippen LogP contribution in [0.1, 0.15) is 36.0 Å². The molecule has 1 aromatic carbocycles. The summed E-state index contributed by atoms with van der Waals surface area (Å²) in [5, 5.41) is 11.9. The SMILES string of the molecule is O=C(NC1CCC(CO)CC1)c1c(F)cccc1Br. The molecule has 0 radical (unpaired) electrons. The second-order valence-electron chi connectivity index (χ2n) is 4.97. The van der Waals surface area contributed by atoms with Gasteiger partial charge in [-0.2, -0.15) is 0 Å². The summed E-state index contributed by atoms with van der Waals surface area (Å²) in [6, 6.07) is 4.56. The first-order chi connectivity index (χ1) is 9.11. The van der Waals surface area contributed by atoms with Gasteiger partial charge in [0.2, 0.25) is 0 Å². The fraction of sp³-hybridized carbons (Fsp3) is 0.500. The third-order valence-corrected chi connectivity index (χ3v) is 4.29. The van der Waals surface area contributed by atoms with Crippen molar-refractivity contribution in [3.8, 4) is 0 Å². The molecule has 19 heavy (non-hydrogen) atoms. The molecular formula is C14H17BrFNO2. The molecule has 0 atom stereocenters. The van der Waals surface area contributed by atoms with E-state index >= 15 is 0 Å². The van der Waals surface area contributed by atoms with Crippen LogP contribution in [0.4, 0.5) is 4.39 Å². The van der Waals surface area contributed by atoms with E-state index in [1.807, 2.05) is 0 Å². The number of carbonyl (C=O) groups excluding carboxylic acids is 1. The Hall–Kier alpha value is -0.940. The summed E-state index contributed by atoms with van der Waals surface area (Å²) in [5.41, 5.74) is 0.0618. The molecule has 1 aliphatic rings. The van der Waals surface area contributed by atoms with Crippen molar-refractivity contribution in [2.75, 3.05) is 6.61 Å². The molecule has 0 heterocycles. The minimum Gasteiger partial charge on any atom is -0.396 e. The Morgan fingerprint density at radius 2 is 2.05 bits per heavy atom. The van der Waals surface area contributed by atoms with Gasteiger partial charge in [-0.15, -0.1) is 0 Å². The van der Waals surface area contributed by atoms with Crippen molar-refractivity contribution in [1.29, 1.82) is 0 Å². The van der Waals surface area contributed by atoms with Crippen molar-refractivity contribution in [2.45, 2.75) is 31.7 Å². The molecule has 0 aliphatic heterocycles. The Balaban J connectivity index is 1.98. The second kappa shape index (κ2) is 6.48. The summed E-state index contributed by atoms with van der Waals surface area (Å²) < 4.78 is 14.1. The van der Waals surface area contributed by atoms with Gasteiger partial charge in [0, 0.05) is 17.1 Å². The quantitative estimate of drug-likeness (QED) is 0.895. The molecule has 1 amide bonds. The van der Waals surface area contributed by atoms with Gasteiger partial charge in [-0.05, 0) is 59.7 Å². The highest BCUT2D eigenvalue weighted by atomic mass is 79.9. The van der Waals surface area contributed by atoms with Crippen LogP contribution in [0.5, 0.6) is 0 Å². The minimum absolute atomic E-state index is 0.0618. The standard InChI is InChI=1S/C14H17BrFNO2/c15-11-2-1-3-12(16)13(11)14(19)17-10-6-4-9(8-18)5-7-10/h1-3,9-10,18H,4-8H2,(H,17,19). The molecule has 2 rings (SSSR count). The smallest absolute Gasteiger partial charge is 0.255 e. The number of benzene rings is 1. The summed E-state index contributed by atoms with van der Waals surface area (Å²) in [7, 11) is 0. The van der Waals surface area contributed by atoms with Gasteiger partial charge in [0.25, 0.3) is 5.91 Å².